The van der Waals surface area contributed by atoms with E-state index < -0.39 is 0 Å². The molecule has 1 N–H and O–H groups in total. The van der Waals surface area contributed by atoms with Crippen molar-refractivity contribution in [3.05, 3.63) is 48.0 Å². The maximum atomic E-state index is 12.5. The second kappa shape index (κ2) is 8.53. The molecule has 0 saturated carbocycles. The van der Waals surface area contributed by atoms with Crippen molar-refractivity contribution in [2.24, 2.45) is 0 Å². The smallest absolute Gasteiger partial charge is 0.242 e. The molecule has 1 aromatic heterocycles. The summed E-state index contributed by atoms with van der Waals surface area (Å²) in [6.45, 7) is 7.01. The maximum Gasteiger partial charge on any atom is 0.242 e. The molecule has 0 radical (unpaired) electrons. The predicted molar refractivity (Wildman–Crippen MR) is 103 cm³/mol. The lowest BCUT2D eigenvalue weighted by atomic mass is 10.1. The standard InChI is InChI=1S/C20H24N4O3/c1-4-26-18-11-10-15(12-19(18)27-5-2)14(3)21-20(25)13-24-17-9-7-6-8-16(17)22-23-24/h6-12,14H,4-5,13H2,1-3H3,(H,21,25). The van der Waals surface area contributed by atoms with Crippen LogP contribution in [0.3, 0.4) is 0 Å². The van der Waals surface area contributed by atoms with Gasteiger partial charge < -0.3 is 14.8 Å². The number of nitrogens with zero attached hydrogens (tertiary/aromatic N) is 3. The molecule has 7 nitrogen and oxygen atoms in total. The van der Waals surface area contributed by atoms with Gasteiger partial charge in [-0.1, -0.05) is 23.4 Å². The average molecular weight is 368 g/mol. The van der Waals surface area contributed by atoms with E-state index in [1.807, 2.05) is 63.2 Å². The molecule has 0 fully saturated rings. The van der Waals surface area contributed by atoms with Gasteiger partial charge in [0, 0.05) is 0 Å². The summed E-state index contributed by atoms with van der Waals surface area (Å²) in [7, 11) is 0. The molecule has 27 heavy (non-hydrogen) atoms. The molecule has 0 aliphatic heterocycles. The van der Waals surface area contributed by atoms with Gasteiger partial charge in [0.2, 0.25) is 5.91 Å². The van der Waals surface area contributed by atoms with Crippen LogP contribution in [0.5, 0.6) is 11.5 Å². The fraction of sp³-hybridized carbons (Fsp3) is 0.350. The van der Waals surface area contributed by atoms with E-state index in [1.165, 1.54) is 0 Å². The van der Waals surface area contributed by atoms with Crippen LogP contribution < -0.4 is 14.8 Å². The zero-order valence-corrected chi connectivity index (χ0v) is 15.8. The lowest BCUT2D eigenvalue weighted by Crippen LogP contribution is -2.30. The summed E-state index contributed by atoms with van der Waals surface area (Å²) >= 11 is 0. The second-order valence-corrected chi connectivity index (χ2v) is 6.10. The third kappa shape index (κ3) is 4.36. The van der Waals surface area contributed by atoms with Gasteiger partial charge in [-0.05, 0) is 50.6 Å². The van der Waals surface area contributed by atoms with Crippen molar-refractivity contribution in [1.82, 2.24) is 20.3 Å². The molecule has 3 aromatic rings. The lowest BCUT2D eigenvalue weighted by molar-refractivity contribution is -0.122. The van der Waals surface area contributed by atoms with Crippen LogP contribution in [0.2, 0.25) is 0 Å². The Hall–Kier alpha value is -3.09. The summed E-state index contributed by atoms with van der Waals surface area (Å²) in [5.74, 6) is 1.25. The Morgan fingerprint density at radius 2 is 1.85 bits per heavy atom. The van der Waals surface area contributed by atoms with Gasteiger partial charge in [0.25, 0.3) is 0 Å². The molecule has 1 heterocycles. The van der Waals surface area contributed by atoms with Crippen LogP contribution in [0.4, 0.5) is 0 Å². The van der Waals surface area contributed by atoms with E-state index in [0.29, 0.717) is 24.7 Å². The Balaban J connectivity index is 1.69. The van der Waals surface area contributed by atoms with Gasteiger partial charge in [-0.25, -0.2) is 4.68 Å². The van der Waals surface area contributed by atoms with Crippen LogP contribution in [0.15, 0.2) is 42.5 Å². The first-order chi connectivity index (χ1) is 13.1. The molecule has 0 saturated heterocycles. The van der Waals surface area contributed by atoms with E-state index in [-0.39, 0.29) is 18.5 Å². The van der Waals surface area contributed by atoms with Crippen molar-refractivity contribution in [1.29, 1.82) is 0 Å². The van der Waals surface area contributed by atoms with Gasteiger partial charge in [0.1, 0.15) is 12.1 Å². The zero-order chi connectivity index (χ0) is 19.2. The molecule has 2 aromatic carbocycles. The minimum Gasteiger partial charge on any atom is -0.490 e. The molecule has 7 heteroatoms. The van der Waals surface area contributed by atoms with Gasteiger partial charge in [-0.3, -0.25) is 4.79 Å². The number of fused-ring (bicyclic) bond motifs is 1. The second-order valence-electron chi connectivity index (χ2n) is 6.10. The summed E-state index contributed by atoms with van der Waals surface area (Å²) in [6, 6.07) is 13.1. The number of benzene rings is 2. The quantitative estimate of drug-likeness (QED) is 0.661. The van der Waals surface area contributed by atoms with E-state index in [0.717, 1.165) is 16.6 Å². The highest BCUT2D eigenvalue weighted by molar-refractivity contribution is 5.80. The predicted octanol–water partition coefficient (Wildman–Crippen LogP) is 3.11. The van der Waals surface area contributed by atoms with Gasteiger partial charge in [0.15, 0.2) is 11.5 Å². The molecule has 3 rings (SSSR count). The topological polar surface area (TPSA) is 78.3 Å². The minimum absolute atomic E-state index is 0.111. The number of amides is 1. The number of ether oxygens (including phenoxy) is 2. The minimum atomic E-state index is -0.179. The van der Waals surface area contributed by atoms with Crippen molar-refractivity contribution < 1.29 is 14.3 Å². The Kier molecular flexibility index (Phi) is 5.90. The number of para-hydroxylation sites is 1. The van der Waals surface area contributed by atoms with E-state index in [1.54, 1.807) is 4.68 Å². The highest BCUT2D eigenvalue weighted by atomic mass is 16.5. The molecule has 1 amide bonds. The molecular weight excluding hydrogens is 344 g/mol. The highest BCUT2D eigenvalue weighted by Gasteiger charge is 2.15. The van der Waals surface area contributed by atoms with Crippen LogP contribution in [0.1, 0.15) is 32.4 Å². The first-order valence-electron chi connectivity index (χ1n) is 9.09. The first kappa shape index (κ1) is 18.7. The van der Waals surface area contributed by atoms with Gasteiger partial charge in [0.05, 0.1) is 24.8 Å². The normalized spacial score (nSPS) is 12.0. The number of hydrogen-bond acceptors (Lipinski definition) is 5. The Bertz CT molecular complexity index is 922. The van der Waals surface area contributed by atoms with Gasteiger partial charge >= 0.3 is 0 Å². The molecule has 0 bridgehead atoms. The zero-order valence-electron chi connectivity index (χ0n) is 15.8. The first-order valence-corrected chi connectivity index (χ1v) is 9.09. The molecular formula is C20H24N4O3. The average Bonchev–Trinajstić information content (AvgIpc) is 3.06. The fourth-order valence-electron chi connectivity index (χ4n) is 2.88. The van der Waals surface area contributed by atoms with E-state index >= 15 is 0 Å². The SMILES string of the molecule is CCOc1ccc(C(C)NC(=O)Cn2nnc3ccccc32)cc1OCC. The number of rotatable bonds is 8. The molecule has 1 unspecified atom stereocenters. The summed E-state index contributed by atoms with van der Waals surface area (Å²) in [6.07, 6.45) is 0. The molecule has 0 aliphatic rings. The summed E-state index contributed by atoms with van der Waals surface area (Å²) in [5.41, 5.74) is 2.55. The number of aromatic nitrogens is 3. The van der Waals surface area contributed by atoms with E-state index in [4.69, 9.17) is 9.47 Å². The highest BCUT2D eigenvalue weighted by Crippen LogP contribution is 2.30. The van der Waals surface area contributed by atoms with Crippen molar-refractivity contribution in [2.75, 3.05) is 13.2 Å². The largest absolute Gasteiger partial charge is 0.490 e. The Morgan fingerprint density at radius 1 is 1.11 bits per heavy atom. The summed E-state index contributed by atoms with van der Waals surface area (Å²) in [4.78, 5) is 12.5. The Labute approximate surface area is 158 Å². The third-order valence-corrected chi connectivity index (χ3v) is 4.16. The molecule has 0 aliphatic carbocycles. The third-order valence-electron chi connectivity index (χ3n) is 4.16. The number of carbonyl (C=O) groups excluding carboxylic acids is 1. The maximum absolute atomic E-state index is 12.5. The van der Waals surface area contributed by atoms with Crippen LogP contribution >= 0.6 is 0 Å². The van der Waals surface area contributed by atoms with Gasteiger partial charge in [-0.2, -0.15) is 0 Å². The van der Waals surface area contributed by atoms with Crippen molar-refractivity contribution in [3.63, 3.8) is 0 Å². The van der Waals surface area contributed by atoms with Crippen LogP contribution in [-0.4, -0.2) is 34.1 Å². The van der Waals surface area contributed by atoms with Crippen LogP contribution in [0, 0.1) is 0 Å². The summed E-state index contributed by atoms with van der Waals surface area (Å²) < 4.78 is 12.8. The Morgan fingerprint density at radius 3 is 2.63 bits per heavy atom. The molecule has 142 valence electrons. The van der Waals surface area contributed by atoms with E-state index in [2.05, 4.69) is 15.6 Å². The van der Waals surface area contributed by atoms with Crippen molar-refractivity contribution in [3.8, 4) is 11.5 Å². The number of nitrogens with one attached hydrogen (secondary N) is 1. The molecule has 1 atom stereocenters. The number of hydrogen-bond donors (Lipinski definition) is 1. The molecule has 0 spiro atoms. The van der Waals surface area contributed by atoms with Crippen molar-refractivity contribution >= 4 is 16.9 Å². The summed E-state index contributed by atoms with van der Waals surface area (Å²) in [5, 5.41) is 11.1. The van der Waals surface area contributed by atoms with Crippen molar-refractivity contribution in [2.45, 2.75) is 33.4 Å². The lowest BCUT2D eigenvalue weighted by Gasteiger charge is -2.17. The monoisotopic (exact) mass is 368 g/mol. The van der Waals surface area contributed by atoms with Crippen LogP contribution in [0.25, 0.3) is 11.0 Å². The number of carbonyl (C=O) groups is 1. The van der Waals surface area contributed by atoms with E-state index in [9.17, 15) is 4.79 Å². The van der Waals surface area contributed by atoms with Crippen LogP contribution in [-0.2, 0) is 11.3 Å². The van der Waals surface area contributed by atoms with Gasteiger partial charge in [-0.15, -0.1) is 5.10 Å². The fourth-order valence-corrected chi connectivity index (χ4v) is 2.88.